The molecule has 0 aliphatic carbocycles. The Kier molecular flexibility index (Phi) is 5.67. The van der Waals surface area contributed by atoms with Crippen molar-refractivity contribution in [2.75, 3.05) is 18.2 Å². The van der Waals surface area contributed by atoms with Gasteiger partial charge in [0.25, 0.3) is 0 Å². The molecule has 0 atom stereocenters. The molecule has 4 aromatic rings. The molecule has 0 bridgehead atoms. The molecule has 0 saturated heterocycles. The Morgan fingerprint density at radius 1 is 1.07 bits per heavy atom. The summed E-state index contributed by atoms with van der Waals surface area (Å²) in [7, 11) is 1.64. The van der Waals surface area contributed by atoms with Gasteiger partial charge in [-0.15, -0.1) is 10.2 Å². The van der Waals surface area contributed by atoms with Crippen molar-refractivity contribution in [3.05, 3.63) is 65.7 Å². The van der Waals surface area contributed by atoms with E-state index in [1.807, 2.05) is 68.4 Å². The minimum absolute atomic E-state index is 0.100. The van der Waals surface area contributed by atoms with Gasteiger partial charge in [0.1, 0.15) is 5.75 Å². The number of fused-ring (bicyclic) bond motifs is 1. The third-order valence-electron chi connectivity index (χ3n) is 4.83. The van der Waals surface area contributed by atoms with Gasteiger partial charge in [-0.1, -0.05) is 23.9 Å². The van der Waals surface area contributed by atoms with E-state index >= 15 is 0 Å². The van der Waals surface area contributed by atoms with E-state index in [1.165, 1.54) is 11.8 Å². The Labute approximate surface area is 178 Å². The predicted molar refractivity (Wildman–Crippen MR) is 118 cm³/mol. The first-order valence-corrected chi connectivity index (χ1v) is 10.4. The maximum Gasteiger partial charge on any atom is 0.234 e. The van der Waals surface area contributed by atoms with Crippen LogP contribution >= 0.6 is 11.8 Å². The zero-order chi connectivity index (χ0) is 21.1. The maximum absolute atomic E-state index is 12.4. The quantitative estimate of drug-likeness (QED) is 0.473. The van der Waals surface area contributed by atoms with Crippen LogP contribution in [0.2, 0.25) is 0 Å². The van der Waals surface area contributed by atoms with Gasteiger partial charge >= 0.3 is 0 Å². The molecule has 0 saturated carbocycles. The number of hydrogen-bond acceptors (Lipinski definition) is 6. The molecule has 152 valence electrons. The molecule has 0 fully saturated rings. The second-order valence-electron chi connectivity index (χ2n) is 6.78. The first-order chi connectivity index (χ1) is 14.5. The fourth-order valence-corrected chi connectivity index (χ4v) is 3.67. The molecule has 2 heterocycles. The molecule has 0 aliphatic heterocycles. The minimum atomic E-state index is -0.100. The van der Waals surface area contributed by atoms with E-state index in [0.29, 0.717) is 10.8 Å². The van der Waals surface area contributed by atoms with Crippen LogP contribution in [0.3, 0.4) is 0 Å². The predicted octanol–water partition coefficient (Wildman–Crippen LogP) is 4.15. The summed E-state index contributed by atoms with van der Waals surface area (Å²) >= 11 is 1.30. The molecule has 30 heavy (non-hydrogen) atoms. The van der Waals surface area contributed by atoms with Gasteiger partial charge in [0.15, 0.2) is 5.65 Å². The third-order valence-corrected chi connectivity index (χ3v) is 5.75. The normalized spacial score (nSPS) is 10.9. The van der Waals surface area contributed by atoms with Gasteiger partial charge in [-0.05, 0) is 67.4 Å². The van der Waals surface area contributed by atoms with Crippen molar-refractivity contribution in [2.45, 2.75) is 19.0 Å². The first kappa shape index (κ1) is 19.9. The van der Waals surface area contributed by atoms with Crippen molar-refractivity contribution >= 4 is 29.0 Å². The lowest BCUT2D eigenvalue weighted by atomic mass is 10.1. The van der Waals surface area contributed by atoms with Gasteiger partial charge in [-0.3, -0.25) is 4.79 Å². The monoisotopic (exact) mass is 419 g/mol. The maximum atomic E-state index is 12.4. The Balaban J connectivity index is 1.50. The van der Waals surface area contributed by atoms with E-state index < -0.39 is 0 Å². The van der Waals surface area contributed by atoms with Crippen LogP contribution in [0, 0.1) is 13.8 Å². The lowest BCUT2D eigenvalue weighted by molar-refractivity contribution is -0.113. The average molecular weight is 420 g/mol. The minimum Gasteiger partial charge on any atom is -0.497 e. The zero-order valence-electron chi connectivity index (χ0n) is 16.9. The van der Waals surface area contributed by atoms with Crippen molar-refractivity contribution < 1.29 is 9.53 Å². The summed E-state index contributed by atoms with van der Waals surface area (Å²) in [4.78, 5) is 12.4. The smallest absolute Gasteiger partial charge is 0.234 e. The Hall–Kier alpha value is -3.39. The van der Waals surface area contributed by atoms with Crippen molar-refractivity contribution in [3.63, 3.8) is 0 Å². The number of carbonyl (C=O) groups is 1. The SMILES string of the molecule is COc1ccc(-c2ccc3nnc(SCC(=O)Nc4cccc(C)c4C)n3n2)cc1. The highest BCUT2D eigenvalue weighted by atomic mass is 32.2. The van der Waals surface area contributed by atoms with E-state index in [-0.39, 0.29) is 11.7 Å². The van der Waals surface area contributed by atoms with Crippen LogP contribution < -0.4 is 10.1 Å². The fourth-order valence-electron chi connectivity index (χ4n) is 2.98. The molecule has 2 aromatic carbocycles. The highest BCUT2D eigenvalue weighted by molar-refractivity contribution is 7.99. The Bertz CT molecular complexity index is 1200. The number of methoxy groups -OCH3 is 1. The van der Waals surface area contributed by atoms with Gasteiger partial charge in [-0.25, -0.2) is 0 Å². The molecule has 0 aliphatic rings. The number of benzene rings is 2. The van der Waals surface area contributed by atoms with E-state index in [2.05, 4.69) is 20.6 Å². The summed E-state index contributed by atoms with van der Waals surface area (Å²) < 4.78 is 6.87. The number of carbonyl (C=O) groups excluding carboxylic acids is 1. The van der Waals surface area contributed by atoms with Gasteiger partial charge in [0.2, 0.25) is 11.1 Å². The van der Waals surface area contributed by atoms with Crippen LogP contribution in [0.4, 0.5) is 5.69 Å². The second-order valence-corrected chi connectivity index (χ2v) is 7.73. The number of hydrogen-bond donors (Lipinski definition) is 1. The summed E-state index contributed by atoms with van der Waals surface area (Å²) in [6.07, 6.45) is 0. The number of anilines is 1. The van der Waals surface area contributed by atoms with Crippen LogP contribution in [-0.2, 0) is 4.79 Å². The largest absolute Gasteiger partial charge is 0.497 e. The number of amides is 1. The van der Waals surface area contributed by atoms with Crippen molar-refractivity contribution in [3.8, 4) is 17.0 Å². The summed E-state index contributed by atoms with van der Waals surface area (Å²) in [5.74, 6) is 0.898. The molecule has 2 aromatic heterocycles. The highest BCUT2D eigenvalue weighted by Crippen LogP contribution is 2.23. The fraction of sp³-hybridized carbons (Fsp3) is 0.182. The number of ether oxygens (including phenoxy) is 1. The van der Waals surface area contributed by atoms with Crippen molar-refractivity contribution in [1.29, 1.82) is 0 Å². The highest BCUT2D eigenvalue weighted by Gasteiger charge is 2.13. The third kappa shape index (κ3) is 4.13. The molecule has 1 amide bonds. The molecular formula is C22H21N5O2S. The van der Waals surface area contributed by atoms with E-state index in [1.54, 1.807) is 11.6 Å². The number of aromatic nitrogens is 4. The van der Waals surface area contributed by atoms with Crippen LogP contribution in [-0.4, -0.2) is 38.6 Å². The second kappa shape index (κ2) is 8.54. The Morgan fingerprint density at radius 2 is 1.87 bits per heavy atom. The zero-order valence-corrected chi connectivity index (χ0v) is 17.7. The van der Waals surface area contributed by atoms with Crippen LogP contribution in [0.5, 0.6) is 5.75 Å². The number of aryl methyl sites for hydroxylation is 1. The number of nitrogens with zero attached hydrogens (tertiary/aromatic N) is 4. The molecular weight excluding hydrogens is 398 g/mol. The van der Waals surface area contributed by atoms with Gasteiger partial charge < -0.3 is 10.1 Å². The number of nitrogens with one attached hydrogen (secondary N) is 1. The standard InChI is InChI=1S/C22H21N5O2S/c1-14-5-4-6-18(15(14)2)23-21(28)13-30-22-25-24-20-12-11-19(26-27(20)22)16-7-9-17(29-3)10-8-16/h4-12H,13H2,1-3H3,(H,23,28). The van der Waals surface area contributed by atoms with E-state index in [4.69, 9.17) is 4.74 Å². The van der Waals surface area contributed by atoms with Crippen molar-refractivity contribution in [1.82, 2.24) is 19.8 Å². The summed E-state index contributed by atoms with van der Waals surface area (Å²) in [6.45, 7) is 4.02. The molecule has 4 rings (SSSR count). The summed E-state index contributed by atoms with van der Waals surface area (Å²) in [5.41, 5.74) is 5.40. The van der Waals surface area contributed by atoms with Gasteiger partial charge in [0, 0.05) is 11.3 Å². The molecule has 0 radical (unpaired) electrons. The lowest BCUT2D eigenvalue weighted by Gasteiger charge is -2.09. The number of thioether (sulfide) groups is 1. The molecule has 0 spiro atoms. The number of rotatable bonds is 6. The summed E-state index contributed by atoms with van der Waals surface area (Å²) in [5, 5.41) is 16.5. The molecule has 1 N–H and O–H groups in total. The van der Waals surface area contributed by atoms with Gasteiger partial charge in [-0.2, -0.15) is 9.61 Å². The van der Waals surface area contributed by atoms with Crippen molar-refractivity contribution in [2.24, 2.45) is 0 Å². The topological polar surface area (TPSA) is 81.4 Å². The summed E-state index contributed by atoms with van der Waals surface area (Å²) in [6, 6.07) is 17.3. The molecule has 0 unspecified atom stereocenters. The van der Waals surface area contributed by atoms with Crippen LogP contribution in [0.25, 0.3) is 16.9 Å². The molecule has 7 nitrogen and oxygen atoms in total. The van der Waals surface area contributed by atoms with Gasteiger partial charge in [0.05, 0.1) is 18.6 Å². The lowest BCUT2D eigenvalue weighted by Crippen LogP contribution is -2.15. The Morgan fingerprint density at radius 3 is 2.63 bits per heavy atom. The molecule has 8 heteroatoms. The van der Waals surface area contributed by atoms with Crippen LogP contribution in [0.15, 0.2) is 59.8 Å². The average Bonchev–Trinajstić information content (AvgIpc) is 3.18. The van der Waals surface area contributed by atoms with E-state index in [0.717, 1.165) is 33.8 Å². The van der Waals surface area contributed by atoms with E-state index in [9.17, 15) is 4.79 Å². The van der Waals surface area contributed by atoms with Crippen LogP contribution in [0.1, 0.15) is 11.1 Å². The first-order valence-electron chi connectivity index (χ1n) is 9.41.